The van der Waals surface area contributed by atoms with Crippen molar-refractivity contribution in [3.63, 3.8) is 0 Å². The first-order chi connectivity index (χ1) is 13.0. The van der Waals surface area contributed by atoms with Crippen LogP contribution in [0, 0.1) is 0 Å². The van der Waals surface area contributed by atoms with Crippen LogP contribution in [-0.4, -0.2) is 73.3 Å². The number of rotatable bonds is 9. The summed E-state index contributed by atoms with van der Waals surface area (Å²) in [6, 6.07) is 6.86. The Labute approximate surface area is 160 Å². The number of nitrogens with one attached hydrogen (secondary N) is 1. The Hall–Kier alpha value is -2.41. The maximum atomic E-state index is 12.3. The summed E-state index contributed by atoms with van der Waals surface area (Å²) in [5, 5.41) is 2.86. The fraction of sp³-hybridized carbons (Fsp3) is 0.550. The summed E-state index contributed by atoms with van der Waals surface area (Å²) in [7, 11) is 0. The molecule has 0 bridgehead atoms. The van der Waals surface area contributed by atoms with E-state index >= 15 is 0 Å². The zero-order chi connectivity index (χ0) is 19.6. The van der Waals surface area contributed by atoms with E-state index in [1.165, 1.54) is 0 Å². The summed E-state index contributed by atoms with van der Waals surface area (Å²) in [6.07, 6.45) is 1.39. The van der Waals surface area contributed by atoms with Crippen LogP contribution in [0.2, 0.25) is 0 Å². The lowest BCUT2D eigenvalue weighted by Crippen LogP contribution is -2.52. The van der Waals surface area contributed by atoms with Crippen molar-refractivity contribution in [3.8, 4) is 5.75 Å². The molecule has 0 spiro atoms. The molecular weight excluding hydrogens is 346 g/mol. The van der Waals surface area contributed by atoms with Gasteiger partial charge in [-0.2, -0.15) is 0 Å². The lowest BCUT2D eigenvalue weighted by atomic mass is 10.1. The number of carbonyl (C=O) groups is 3. The Kier molecular flexibility index (Phi) is 8.26. The van der Waals surface area contributed by atoms with Crippen LogP contribution < -0.4 is 10.1 Å². The Balaban J connectivity index is 1.71. The van der Waals surface area contributed by atoms with Gasteiger partial charge in [-0.1, -0.05) is 13.8 Å². The Bertz CT molecular complexity index is 637. The van der Waals surface area contributed by atoms with Crippen molar-refractivity contribution in [2.75, 3.05) is 45.9 Å². The van der Waals surface area contributed by atoms with Gasteiger partial charge < -0.3 is 15.0 Å². The van der Waals surface area contributed by atoms with E-state index in [1.54, 1.807) is 29.2 Å². The molecule has 1 aromatic carbocycles. The molecule has 27 heavy (non-hydrogen) atoms. The molecule has 1 N–H and O–H groups in total. The minimum Gasteiger partial charge on any atom is -0.484 e. The lowest BCUT2D eigenvalue weighted by Gasteiger charge is -2.34. The summed E-state index contributed by atoms with van der Waals surface area (Å²) >= 11 is 0. The molecule has 0 aliphatic carbocycles. The highest BCUT2D eigenvalue weighted by molar-refractivity contribution is 5.95. The number of Topliss-reactive ketones (excluding diaryl/α,β-unsaturated/α-hetero) is 1. The van der Waals surface area contributed by atoms with E-state index in [9.17, 15) is 14.4 Å². The predicted molar refractivity (Wildman–Crippen MR) is 103 cm³/mol. The summed E-state index contributed by atoms with van der Waals surface area (Å²) in [5.41, 5.74) is 0.648. The molecule has 7 heteroatoms. The first kappa shape index (κ1) is 20.9. The zero-order valence-corrected chi connectivity index (χ0v) is 16.2. The molecule has 0 aromatic heterocycles. The second-order valence-electron chi connectivity index (χ2n) is 6.60. The van der Waals surface area contributed by atoms with Crippen molar-refractivity contribution in [2.24, 2.45) is 0 Å². The van der Waals surface area contributed by atoms with Crippen molar-refractivity contribution in [1.29, 1.82) is 0 Å². The maximum Gasteiger partial charge on any atom is 0.260 e. The van der Waals surface area contributed by atoms with Crippen LogP contribution in [-0.2, 0) is 9.59 Å². The molecule has 0 saturated carbocycles. The van der Waals surface area contributed by atoms with E-state index in [1.807, 2.05) is 13.8 Å². The van der Waals surface area contributed by atoms with Gasteiger partial charge in [0.05, 0.1) is 6.54 Å². The van der Waals surface area contributed by atoms with Crippen molar-refractivity contribution >= 4 is 17.6 Å². The molecule has 0 unspecified atom stereocenters. The van der Waals surface area contributed by atoms with Crippen LogP contribution in [0.1, 0.15) is 37.0 Å². The Morgan fingerprint density at radius 2 is 1.70 bits per heavy atom. The largest absolute Gasteiger partial charge is 0.484 e. The van der Waals surface area contributed by atoms with E-state index in [4.69, 9.17) is 4.74 Å². The van der Waals surface area contributed by atoms with Crippen LogP contribution in [0.4, 0.5) is 0 Å². The quantitative estimate of drug-likeness (QED) is 0.659. The van der Waals surface area contributed by atoms with Gasteiger partial charge >= 0.3 is 0 Å². The minimum absolute atomic E-state index is 0.0297. The van der Waals surface area contributed by atoms with E-state index < -0.39 is 0 Å². The van der Waals surface area contributed by atoms with Crippen LogP contribution in [0.15, 0.2) is 24.3 Å². The first-order valence-electron chi connectivity index (χ1n) is 9.56. The smallest absolute Gasteiger partial charge is 0.260 e. The molecular formula is C20H29N3O4. The van der Waals surface area contributed by atoms with Gasteiger partial charge in [0.25, 0.3) is 5.91 Å². The zero-order valence-electron chi connectivity index (χ0n) is 16.2. The average Bonchev–Trinajstić information content (AvgIpc) is 2.70. The van der Waals surface area contributed by atoms with Crippen molar-refractivity contribution in [3.05, 3.63) is 29.8 Å². The Morgan fingerprint density at radius 3 is 2.30 bits per heavy atom. The van der Waals surface area contributed by atoms with E-state index in [0.29, 0.717) is 57.0 Å². The predicted octanol–water partition coefficient (Wildman–Crippen LogP) is 1.33. The van der Waals surface area contributed by atoms with Crippen LogP contribution in [0.5, 0.6) is 5.75 Å². The molecule has 0 atom stereocenters. The minimum atomic E-state index is -0.0706. The first-order valence-corrected chi connectivity index (χ1v) is 9.56. The summed E-state index contributed by atoms with van der Waals surface area (Å²) in [4.78, 5) is 39.5. The summed E-state index contributed by atoms with van der Waals surface area (Å²) < 4.78 is 5.54. The topological polar surface area (TPSA) is 79.0 Å². The third-order valence-electron chi connectivity index (χ3n) is 4.52. The molecule has 1 aliphatic heterocycles. The van der Waals surface area contributed by atoms with Crippen LogP contribution in [0.3, 0.4) is 0 Å². The maximum absolute atomic E-state index is 12.3. The normalized spacial score (nSPS) is 14.7. The van der Waals surface area contributed by atoms with Crippen LogP contribution in [0.25, 0.3) is 0 Å². The van der Waals surface area contributed by atoms with Crippen molar-refractivity contribution in [2.45, 2.75) is 26.7 Å². The molecule has 1 heterocycles. The van der Waals surface area contributed by atoms with Gasteiger partial charge in [-0.15, -0.1) is 0 Å². The highest BCUT2D eigenvalue weighted by Gasteiger charge is 2.22. The fourth-order valence-corrected chi connectivity index (χ4v) is 2.86. The monoisotopic (exact) mass is 375 g/mol. The number of amides is 2. The third kappa shape index (κ3) is 6.67. The summed E-state index contributed by atoms with van der Waals surface area (Å²) in [6.45, 7) is 7.43. The lowest BCUT2D eigenvalue weighted by molar-refractivity contribution is -0.135. The number of benzene rings is 1. The molecule has 1 fully saturated rings. The van der Waals surface area contributed by atoms with Gasteiger partial charge in [-0.05, 0) is 30.7 Å². The molecule has 1 aliphatic rings. The molecule has 148 valence electrons. The van der Waals surface area contributed by atoms with Gasteiger partial charge in [0.1, 0.15) is 5.75 Å². The fourth-order valence-electron chi connectivity index (χ4n) is 2.86. The van der Waals surface area contributed by atoms with E-state index in [2.05, 4.69) is 10.2 Å². The number of ether oxygens (including phenoxy) is 1. The second kappa shape index (κ2) is 10.7. The number of carbonyl (C=O) groups excluding carboxylic acids is 3. The number of nitrogens with zero attached hydrogens (tertiary/aromatic N) is 2. The van der Waals surface area contributed by atoms with E-state index in [-0.39, 0.29) is 24.2 Å². The Morgan fingerprint density at radius 1 is 1.04 bits per heavy atom. The number of hydrogen-bond donors (Lipinski definition) is 1. The van der Waals surface area contributed by atoms with Gasteiger partial charge in [0, 0.05) is 44.7 Å². The van der Waals surface area contributed by atoms with Gasteiger partial charge in [0.2, 0.25) is 5.91 Å². The van der Waals surface area contributed by atoms with Gasteiger partial charge in [-0.25, -0.2) is 0 Å². The highest BCUT2D eigenvalue weighted by Crippen LogP contribution is 2.14. The van der Waals surface area contributed by atoms with Gasteiger partial charge in [-0.3, -0.25) is 19.3 Å². The number of piperazine rings is 1. The molecule has 1 aromatic rings. The van der Waals surface area contributed by atoms with Crippen LogP contribution >= 0.6 is 0 Å². The molecule has 1 saturated heterocycles. The van der Waals surface area contributed by atoms with E-state index in [0.717, 1.165) is 6.42 Å². The van der Waals surface area contributed by atoms with Crippen molar-refractivity contribution < 1.29 is 19.1 Å². The summed E-state index contributed by atoms with van der Waals surface area (Å²) in [5.74, 6) is 0.616. The van der Waals surface area contributed by atoms with Crippen molar-refractivity contribution in [1.82, 2.24) is 15.1 Å². The SMILES string of the molecule is CCCNC(=O)CN1CCN(C(=O)COc2ccc(C(=O)CC)cc2)CC1. The number of ketones is 1. The standard InChI is InChI=1S/C20H29N3O4/c1-3-9-21-19(25)14-22-10-12-23(13-11-22)20(26)15-27-17-7-5-16(6-8-17)18(24)4-2/h5-8H,3-4,9-15H2,1-2H3,(H,21,25). The van der Waals surface area contributed by atoms with Gasteiger partial charge in [0.15, 0.2) is 12.4 Å². The molecule has 2 amide bonds. The third-order valence-corrected chi connectivity index (χ3v) is 4.52. The molecule has 0 radical (unpaired) electrons. The highest BCUT2D eigenvalue weighted by atomic mass is 16.5. The molecule has 7 nitrogen and oxygen atoms in total. The number of hydrogen-bond acceptors (Lipinski definition) is 5. The second-order valence-corrected chi connectivity index (χ2v) is 6.60. The molecule has 2 rings (SSSR count). The average molecular weight is 375 g/mol.